The number of fused-ring (bicyclic) bond motifs is 2. The second-order valence-electron chi connectivity index (χ2n) is 5.51. The van der Waals surface area contributed by atoms with Crippen molar-refractivity contribution < 1.29 is 9.53 Å². The van der Waals surface area contributed by atoms with E-state index in [1.54, 1.807) is 13.1 Å². The van der Waals surface area contributed by atoms with Gasteiger partial charge in [0.05, 0.1) is 35.7 Å². The number of carbonyl (C=O) groups excluding carboxylic acids is 1. The molecule has 4 aromatic rings. The van der Waals surface area contributed by atoms with E-state index in [2.05, 4.69) is 26.8 Å². The molecule has 6 nitrogen and oxygen atoms in total. The number of rotatable bonds is 3. The Labute approximate surface area is 138 Å². The van der Waals surface area contributed by atoms with Crippen LogP contribution in [0.2, 0.25) is 0 Å². The van der Waals surface area contributed by atoms with Crippen LogP contribution in [0.1, 0.15) is 12.5 Å². The Morgan fingerprint density at radius 3 is 2.79 bits per heavy atom. The molecular weight excluding hydrogens is 304 g/mol. The lowest BCUT2D eigenvalue weighted by molar-refractivity contribution is 0.151. The van der Waals surface area contributed by atoms with E-state index in [1.807, 2.05) is 36.7 Å². The van der Waals surface area contributed by atoms with Crippen molar-refractivity contribution in [2.45, 2.75) is 13.5 Å². The Bertz CT molecular complexity index is 1020. The Hall–Kier alpha value is -3.15. The molecule has 0 fully saturated rings. The summed E-state index contributed by atoms with van der Waals surface area (Å²) in [4.78, 5) is 16.4. The number of imidazole rings is 1. The second-order valence-corrected chi connectivity index (χ2v) is 5.51. The van der Waals surface area contributed by atoms with E-state index in [0.717, 1.165) is 23.0 Å². The third-order valence-electron chi connectivity index (χ3n) is 3.95. The first kappa shape index (κ1) is 14.4. The van der Waals surface area contributed by atoms with Crippen LogP contribution >= 0.6 is 0 Å². The zero-order valence-electron chi connectivity index (χ0n) is 13.2. The van der Waals surface area contributed by atoms with Gasteiger partial charge in [0.2, 0.25) is 0 Å². The molecule has 0 amide bonds. The molecule has 0 aliphatic carbocycles. The number of hydrogen-bond donors (Lipinski definition) is 0. The van der Waals surface area contributed by atoms with E-state index in [1.165, 1.54) is 10.2 Å². The summed E-state index contributed by atoms with van der Waals surface area (Å²) in [6.07, 6.45) is 3.01. The quantitative estimate of drug-likeness (QED) is 0.580. The molecular formula is C18H16N4O2. The lowest BCUT2D eigenvalue weighted by Crippen LogP contribution is -2.14. The van der Waals surface area contributed by atoms with E-state index in [0.29, 0.717) is 12.1 Å². The zero-order valence-corrected chi connectivity index (χ0v) is 13.2. The van der Waals surface area contributed by atoms with Crippen molar-refractivity contribution in [2.24, 2.45) is 0 Å². The molecule has 0 saturated heterocycles. The summed E-state index contributed by atoms with van der Waals surface area (Å²) in [5.41, 5.74) is 3.74. The highest BCUT2D eigenvalue weighted by Gasteiger charge is 2.14. The predicted octanol–water partition coefficient (Wildman–Crippen LogP) is 3.44. The number of hydrogen-bond acceptors (Lipinski definition) is 4. The molecule has 24 heavy (non-hydrogen) atoms. The summed E-state index contributed by atoms with van der Waals surface area (Å²) >= 11 is 0. The van der Waals surface area contributed by atoms with Crippen molar-refractivity contribution in [1.82, 2.24) is 19.3 Å². The van der Waals surface area contributed by atoms with Crippen LogP contribution < -0.4 is 0 Å². The van der Waals surface area contributed by atoms with Gasteiger partial charge in [0.1, 0.15) is 0 Å². The van der Waals surface area contributed by atoms with Crippen molar-refractivity contribution >= 4 is 28.0 Å². The van der Waals surface area contributed by atoms with Gasteiger partial charge in [0.25, 0.3) is 0 Å². The van der Waals surface area contributed by atoms with Crippen LogP contribution in [0.5, 0.6) is 0 Å². The van der Waals surface area contributed by atoms with E-state index >= 15 is 0 Å². The van der Waals surface area contributed by atoms with E-state index < -0.39 is 6.09 Å². The van der Waals surface area contributed by atoms with Gasteiger partial charge in [-0.3, -0.25) is 0 Å². The molecule has 2 aromatic heterocycles. The first-order valence-corrected chi connectivity index (χ1v) is 7.80. The first-order chi connectivity index (χ1) is 11.8. The van der Waals surface area contributed by atoms with Crippen LogP contribution in [-0.2, 0) is 11.3 Å². The summed E-state index contributed by atoms with van der Waals surface area (Å²) in [5, 5.41) is 5.02. The van der Waals surface area contributed by atoms with Crippen LogP contribution in [0.3, 0.4) is 0 Å². The van der Waals surface area contributed by atoms with E-state index in [4.69, 9.17) is 4.74 Å². The van der Waals surface area contributed by atoms with Gasteiger partial charge in [0.15, 0.2) is 0 Å². The fourth-order valence-electron chi connectivity index (χ4n) is 2.81. The molecule has 2 heterocycles. The van der Waals surface area contributed by atoms with Crippen LogP contribution in [0.4, 0.5) is 4.79 Å². The molecule has 120 valence electrons. The van der Waals surface area contributed by atoms with Gasteiger partial charge in [-0.05, 0) is 24.6 Å². The van der Waals surface area contributed by atoms with Crippen LogP contribution in [0.25, 0.3) is 21.9 Å². The third-order valence-corrected chi connectivity index (χ3v) is 3.95. The minimum atomic E-state index is -0.476. The Morgan fingerprint density at radius 2 is 2.00 bits per heavy atom. The molecule has 0 bridgehead atoms. The van der Waals surface area contributed by atoms with Gasteiger partial charge in [-0.25, -0.2) is 9.78 Å². The Balaban J connectivity index is 1.78. The standard InChI is InChI=1S/C18H16N4O2/c1-2-24-18(23)22-16-9-15-17(8-14(16)10-20-22)21(12-19-15)11-13-6-4-3-5-7-13/h3-10,12H,2,11H2,1H3. The molecule has 0 aliphatic heterocycles. The summed E-state index contributed by atoms with van der Waals surface area (Å²) in [6, 6.07) is 14.1. The molecule has 0 atom stereocenters. The number of aromatic nitrogens is 4. The summed E-state index contributed by atoms with van der Waals surface area (Å²) in [7, 11) is 0. The molecule has 0 N–H and O–H groups in total. The fraction of sp³-hybridized carbons (Fsp3) is 0.167. The van der Waals surface area contributed by atoms with Gasteiger partial charge in [0, 0.05) is 11.9 Å². The monoisotopic (exact) mass is 320 g/mol. The summed E-state index contributed by atoms with van der Waals surface area (Å²) in [5.74, 6) is 0. The number of benzene rings is 2. The smallest absolute Gasteiger partial charge is 0.435 e. The lowest BCUT2D eigenvalue weighted by Gasteiger charge is -2.05. The minimum Gasteiger partial charge on any atom is -0.448 e. The normalized spacial score (nSPS) is 11.2. The highest BCUT2D eigenvalue weighted by atomic mass is 16.5. The largest absolute Gasteiger partial charge is 0.448 e. The highest BCUT2D eigenvalue weighted by molar-refractivity contribution is 5.96. The number of ether oxygens (including phenoxy) is 1. The fourth-order valence-corrected chi connectivity index (χ4v) is 2.81. The van der Waals surface area contributed by atoms with Gasteiger partial charge in [-0.1, -0.05) is 30.3 Å². The maximum Gasteiger partial charge on any atom is 0.435 e. The van der Waals surface area contributed by atoms with Gasteiger partial charge < -0.3 is 9.30 Å². The van der Waals surface area contributed by atoms with Crippen molar-refractivity contribution in [1.29, 1.82) is 0 Å². The summed E-state index contributed by atoms with van der Waals surface area (Å²) < 4.78 is 8.39. The molecule has 0 spiro atoms. The van der Waals surface area contributed by atoms with E-state index in [-0.39, 0.29) is 0 Å². The topological polar surface area (TPSA) is 61.9 Å². The molecule has 2 aromatic carbocycles. The van der Waals surface area contributed by atoms with E-state index in [9.17, 15) is 4.79 Å². The first-order valence-electron chi connectivity index (χ1n) is 7.80. The third kappa shape index (κ3) is 2.42. The van der Waals surface area contributed by atoms with Crippen molar-refractivity contribution in [3.05, 3.63) is 60.6 Å². The SMILES string of the molecule is CCOC(=O)n1ncc2cc3c(cc21)ncn3Cc1ccccc1. The summed E-state index contributed by atoms with van der Waals surface area (Å²) in [6.45, 7) is 2.83. The lowest BCUT2D eigenvalue weighted by atomic mass is 10.2. The molecule has 6 heteroatoms. The molecule has 0 unspecified atom stereocenters. The minimum absolute atomic E-state index is 0.314. The zero-order chi connectivity index (χ0) is 16.5. The predicted molar refractivity (Wildman–Crippen MR) is 91.0 cm³/mol. The van der Waals surface area contributed by atoms with Crippen LogP contribution in [0.15, 0.2) is 55.0 Å². The van der Waals surface area contributed by atoms with Gasteiger partial charge in [-0.15, -0.1) is 0 Å². The maximum absolute atomic E-state index is 12.0. The maximum atomic E-state index is 12.0. The Morgan fingerprint density at radius 1 is 1.17 bits per heavy atom. The molecule has 4 rings (SSSR count). The molecule has 0 saturated carbocycles. The average molecular weight is 320 g/mol. The van der Waals surface area contributed by atoms with Crippen molar-refractivity contribution in [3.63, 3.8) is 0 Å². The molecule has 0 aliphatic rings. The van der Waals surface area contributed by atoms with Crippen LogP contribution in [0, 0.1) is 0 Å². The average Bonchev–Trinajstić information content (AvgIpc) is 3.18. The second kappa shape index (κ2) is 5.81. The molecule has 0 radical (unpaired) electrons. The number of carbonyl (C=O) groups is 1. The number of nitrogens with zero attached hydrogens (tertiary/aromatic N) is 4. The van der Waals surface area contributed by atoms with Crippen molar-refractivity contribution in [2.75, 3.05) is 6.61 Å². The van der Waals surface area contributed by atoms with Gasteiger partial charge in [-0.2, -0.15) is 9.78 Å². The Kier molecular flexibility index (Phi) is 3.49. The van der Waals surface area contributed by atoms with Crippen LogP contribution in [-0.4, -0.2) is 32.0 Å². The highest BCUT2D eigenvalue weighted by Crippen LogP contribution is 2.23. The van der Waals surface area contributed by atoms with Crippen molar-refractivity contribution in [3.8, 4) is 0 Å². The van der Waals surface area contributed by atoms with Gasteiger partial charge >= 0.3 is 6.09 Å².